The lowest BCUT2D eigenvalue weighted by molar-refractivity contribution is -0.120. The molecule has 0 radical (unpaired) electrons. The Balaban J connectivity index is 1.68. The smallest absolute Gasteiger partial charge is 0.328 e. The van der Waals surface area contributed by atoms with Crippen molar-refractivity contribution in [1.82, 2.24) is 25.4 Å². The van der Waals surface area contributed by atoms with Crippen LogP contribution >= 0.6 is 0 Å². The normalized spacial score (nSPS) is 14.4. The SMILES string of the molecule is CC(C)n1cnnc1CCNC(=O)c1ccccc1N1CCC(=O)NC1=O. The van der Waals surface area contributed by atoms with Crippen LogP contribution in [-0.2, 0) is 11.2 Å². The Kier molecular flexibility index (Phi) is 5.49. The lowest BCUT2D eigenvalue weighted by atomic mass is 10.1. The van der Waals surface area contributed by atoms with E-state index >= 15 is 0 Å². The largest absolute Gasteiger partial charge is 0.352 e. The van der Waals surface area contributed by atoms with Crippen LogP contribution in [0.15, 0.2) is 30.6 Å². The minimum atomic E-state index is -0.517. The lowest BCUT2D eigenvalue weighted by Crippen LogP contribution is -2.50. The fraction of sp³-hybridized carbons (Fsp3) is 0.389. The Morgan fingerprint density at radius 3 is 2.81 bits per heavy atom. The number of nitrogens with zero attached hydrogens (tertiary/aromatic N) is 4. The van der Waals surface area contributed by atoms with Crippen molar-refractivity contribution in [3.63, 3.8) is 0 Å². The lowest BCUT2D eigenvalue weighted by Gasteiger charge is -2.28. The first-order chi connectivity index (χ1) is 13.0. The third-order valence-electron chi connectivity index (χ3n) is 4.33. The Labute approximate surface area is 156 Å². The highest BCUT2D eigenvalue weighted by molar-refractivity contribution is 6.09. The highest BCUT2D eigenvalue weighted by Crippen LogP contribution is 2.22. The number of carbonyl (C=O) groups excluding carboxylic acids is 3. The van der Waals surface area contributed by atoms with E-state index < -0.39 is 6.03 Å². The van der Waals surface area contributed by atoms with E-state index in [0.29, 0.717) is 24.2 Å². The van der Waals surface area contributed by atoms with Crippen LogP contribution in [0.25, 0.3) is 0 Å². The Morgan fingerprint density at radius 1 is 1.30 bits per heavy atom. The van der Waals surface area contributed by atoms with E-state index in [4.69, 9.17) is 0 Å². The second kappa shape index (κ2) is 7.98. The second-order valence-corrected chi connectivity index (χ2v) is 6.53. The molecule has 1 aromatic carbocycles. The molecule has 27 heavy (non-hydrogen) atoms. The molecule has 142 valence electrons. The summed E-state index contributed by atoms with van der Waals surface area (Å²) in [5.41, 5.74) is 0.859. The molecule has 9 heteroatoms. The number of amides is 4. The van der Waals surface area contributed by atoms with E-state index in [0.717, 1.165) is 5.82 Å². The third kappa shape index (κ3) is 4.13. The van der Waals surface area contributed by atoms with Gasteiger partial charge in [-0.3, -0.25) is 19.8 Å². The highest BCUT2D eigenvalue weighted by Gasteiger charge is 2.27. The summed E-state index contributed by atoms with van der Waals surface area (Å²) in [5, 5.41) is 13.1. The van der Waals surface area contributed by atoms with Gasteiger partial charge in [0.05, 0.1) is 11.3 Å². The summed E-state index contributed by atoms with van der Waals surface area (Å²) in [4.78, 5) is 37.5. The van der Waals surface area contributed by atoms with Crippen LogP contribution in [0.2, 0.25) is 0 Å². The Bertz CT molecular complexity index is 860. The first-order valence-electron chi connectivity index (χ1n) is 8.84. The second-order valence-electron chi connectivity index (χ2n) is 6.53. The summed E-state index contributed by atoms with van der Waals surface area (Å²) in [6.07, 6.45) is 2.42. The molecule has 1 saturated heterocycles. The number of hydrogen-bond donors (Lipinski definition) is 2. The van der Waals surface area contributed by atoms with Crippen LogP contribution in [0.5, 0.6) is 0 Å². The maximum Gasteiger partial charge on any atom is 0.328 e. The molecule has 0 bridgehead atoms. The number of hydrogen-bond acceptors (Lipinski definition) is 5. The van der Waals surface area contributed by atoms with Crippen LogP contribution < -0.4 is 15.5 Å². The van der Waals surface area contributed by atoms with Gasteiger partial charge in [-0.15, -0.1) is 10.2 Å². The summed E-state index contributed by atoms with van der Waals surface area (Å²) in [7, 11) is 0. The molecule has 0 saturated carbocycles. The summed E-state index contributed by atoms with van der Waals surface area (Å²) >= 11 is 0. The number of imide groups is 1. The first kappa shape index (κ1) is 18.6. The van der Waals surface area contributed by atoms with E-state index in [9.17, 15) is 14.4 Å². The monoisotopic (exact) mass is 370 g/mol. The van der Waals surface area contributed by atoms with Crippen LogP contribution in [0.4, 0.5) is 10.5 Å². The minimum Gasteiger partial charge on any atom is -0.352 e. The van der Waals surface area contributed by atoms with Gasteiger partial charge in [0, 0.05) is 32.0 Å². The predicted molar refractivity (Wildman–Crippen MR) is 98.4 cm³/mol. The fourth-order valence-corrected chi connectivity index (χ4v) is 2.95. The predicted octanol–water partition coefficient (Wildman–Crippen LogP) is 1.28. The number of nitrogens with one attached hydrogen (secondary N) is 2. The number of carbonyl (C=O) groups is 3. The molecule has 3 rings (SSSR count). The van der Waals surface area contributed by atoms with Gasteiger partial charge in [0.1, 0.15) is 12.2 Å². The van der Waals surface area contributed by atoms with Crippen molar-refractivity contribution in [1.29, 1.82) is 0 Å². The van der Waals surface area contributed by atoms with E-state index in [1.54, 1.807) is 30.6 Å². The van der Waals surface area contributed by atoms with Crippen molar-refractivity contribution in [2.45, 2.75) is 32.7 Å². The summed E-state index contributed by atoms with van der Waals surface area (Å²) < 4.78 is 1.95. The molecule has 1 aliphatic heterocycles. The van der Waals surface area contributed by atoms with Gasteiger partial charge in [-0.2, -0.15) is 0 Å². The van der Waals surface area contributed by atoms with Gasteiger partial charge in [-0.25, -0.2) is 4.79 Å². The average Bonchev–Trinajstić information content (AvgIpc) is 3.10. The molecule has 9 nitrogen and oxygen atoms in total. The number of para-hydroxylation sites is 1. The summed E-state index contributed by atoms with van der Waals surface area (Å²) in [6, 6.07) is 6.56. The number of aromatic nitrogens is 3. The molecular formula is C18H22N6O3. The highest BCUT2D eigenvalue weighted by atomic mass is 16.2. The molecule has 0 spiro atoms. The van der Waals surface area contributed by atoms with Gasteiger partial charge in [0.2, 0.25) is 5.91 Å². The number of urea groups is 1. The van der Waals surface area contributed by atoms with Crippen LogP contribution in [0, 0.1) is 0 Å². The molecule has 0 aliphatic carbocycles. The van der Waals surface area contributed by atoms with Gasteiger partial charge in [-0.05, 0) is 26.0 Å². The van der Waals surface area contributed by atoms with Gasteiger partial charge >= 0.3 is 6.03 Å². The fourth-order valence-electron chi connectivity index (χ4n) is 2.95. The zero-order valence-corrected chi connectivity index (χ0v) is 15.3. The zero-order chi connectivity index (χ0) is 19.4. The van der Waals surface area contributed by atoms with Crippen LogP contribution in [-0.4, -0.2) is 45.7 Å². The molecule has 0 atom stereocenters. The van der Waals surface area contributed by atoms with Crippen LogP contribution in [0.3, 0.4) is 0 Å². The molecule has 0 unspecified atom stereocenters. The summed E-state index contributed by atoms with van der Waals surface area (Å²) in [5.74, 6) is 0.200. The van der Waals surface area contributed by atoms with Gasteiger partial charge < -0.3 is 9.88 Å². The zero-order valence-electron chi connectivity index (χ0n) is 15.3. The van der Waals surface area contributed by atoms with Crippen molar-refractivity contribution in [2.75, 3.05) is 18.0 Å². The van der Waals surface area contributed by atoms with Crippen LogP contribution in [0.1, 0.15) is 42.5 Å². The van der Waals surface area contributed by atoms with Gasteiger partial charge in [0.25, 0.3) is 5.91 Å². The molecule has 2 heterocycles. The van der Waals surface area contributed by atoms with E-state index in [-0.39, 0.29) is 30.8 Å². The Hall–Kier alpha value is -3.23. The molecule has 1 fully saturated rings. The number of rotatable bonds is 6. The molecule has 4 amide bonds. The van der Waals surface area contributed by atoms with Crippen molar-refractivity contribution in [3.05, 3.63) is 42.0 Å². The standard InChI is InChI=1S/C18H22N6O3/c1-12(2)24-11-20-22-15(24)7-9-19-17(26)13-5-3-4-6-14(13)23-10-8-16(25)21-18(23)27/h3-6,11-12H,7-10H2,1-2H3,(H,19,26)(H,21,25,27). The minimum absolute atomic E-state index is 0.201. The van der Waals surface area contributed by atoms with Crippen molar-refractivity contribution in [2.24, 2.45) is 0 Å². The van der Waals surface area contributed by atoms with Gasteiger partial charge in [0.15, 0.2) is 0 Å². The van der Waals surface area contributed by atoms with E-state index in [2.05, 4.69) is 20.8 Å². The first-order valence-corrected chi connectivity index (χ1v) is 8.84. The molecule has 1 aliphatic rings. The summed E-state index contributed by atoms with van der Waals surface area (Å²) in [6.45, 7) is 4.71. The average molecular weight is 370 g/mol. The number of benzene rings is 1. The Morgan fingerprint density at radius 2 is 2.07 bits per heavy atom. The van der Waals surface area contributed by atoms with Gasteiger partial charge in [-0.1, -0.05) is 12.1 Å². The van der Waals surface area contributed by atoms with Crippen molar-refractivity contribution in [3.8, 4) is 0 Å². The maximum absolute atomic E-state index is 12.6. The topological polar surface area (TPSA) is 109 Å². The quantitative estimate of drug-likeness (QED) is 0.796. The molecule has 2 aromatic rings. The molecule has 1 aromatic heterocycles. The molecule has 2 N–H and O–H groups in total. The van der Waals surface area contributed by atoms with Crippen molar-refractivity contribution < 1.29 is 14.4 Å². The van der Waals surface area contributed by atoms with Crippen molar-refractivity contribution >= 4 is 23.5 Å². The van der Waals surface area contributed by atoms with E-state index in [1.165, 1.54) is 4.90 Å². The third-order valence-corrected chi connectivity index (χ3v) is 4.33. The maximum atomic E-state index is 12.6. The van der Waals surface area contributed by atoms with E-state index in [1.807, 2.05) is 18.4 Å². The number of anilines is 1. The molecular weight excluding hydrogens is 348 g/mol.